The Kier molecular flexibility index (Phi) is 3.45. The van der Waals surface area contributed by atoms with Crippen LogP contribution in [0.25, 0.3) is 0 Å². The van der Waals surface area contributed by atoms with Gasteiger partial charge in [0.25, 0.3) is 0 Å². The summed E-state index contributed by atoms with van der Waals surface area (Å²) in [6.45, 7) is 0. The molecule has 1 aliphatic heterocycles. The number of rotatable bonds is 4. The predicted molar refractivity (Wildman–Crippen MR) is 61.6 cm³/mol. The van der Waals surface area contributed by atoms with Crippen molar-refractivity contribution >= 4 is 15.8 Å². The van der Waals surface area contributed by atoms with Gasteiger partial charge in [0.05, 0.1) is 17.5 Å². The standard InChI is InChI=1S/C11H18O5S/c12-10(13)8-17(14,15)7-9-3-6-11(16-9)4-1-2-5-11/h9H,1-8H2,(H,12,13). The minimum absolute atomic E-state index is 0.0938. The molecular weight excluding hydrogens is 244 g/mol. The van der Waals surface area contributed by atoms with Crippen LogP contribution in [0.4, 0.5) is 0 Å². The van der Waals surface area contributed by atoms with E-state index < -0.39 is 21.6 Å². The van der Waals surface area contributed by atoms with Gasteiger partial charge in [0.1, 0.15) is 5.75 Å². The molecule has 17 heavy (non-hydrogen) atoms. The first kappa shape index (κ1) is 12.8. The lowest BCUT2D eigenvalue weighted by Crippen LogP contribution is -2.30. The van der Waals surface area contributed by atoms with Crippen LogP contribution in [0, 0.1) is 0 Å². The molecule has 1 N–H and O–H groups in total. The monoisotopic (exact) mass is 262 g/mol. The summed E-state index contributed by atoms with van der Waals surface area (Å²) in [5.41, 5.74) is -0.0938. The molecule has 6 heteroatoms. The molecule has 1 heterocycles. The predicted octanol–water partition coefficient (Wildman–Crippen LogP) is 0.978. The van der Waals surface area contributed by atoms with Crippen LogP contribution in [0.5, 0.6) is 0 Å². The maximum Gasteiger partial charge on any atom is 0.318 e. The summed E-state index contributed by atoms with van der Waals surface area (Å²) in [5, 5.41) is 8.51. The van der Waals surface area contributed by atoms with Crippen LogP contribution in [0.15, 0.2) is 0 Å². The Morgan fingerprint density at radius 3 is 2.53 bits per heavy atom. The fourth-order valence-corrected chi connectivity index (χ4v) is 4.23. The van der Waals surface area contributed by atoms with E-state index in [0.29, 0.717) is 0 Å². The van der Waals surface area contributed by atoms with E-state index in [1.54, 1.807) is 0 Å². The summed E-state index contributed by atoms with van der Waals surface area (Å²) in [7, 11) is -3.54. The summed E-state index contributed by atoms with van der Waals surface area (Å²) < 4.78 is 28.9. The maximum atomic E-state index is 11.5. The number of hydrogen-bond donors (Lipinski definition) is 1. The third-order valence-electron chi connectivity index (χ3n) is 3.64. The van der Waals surface area contributed by atoms with Gasteiger partial charge in [-0.2, -0.15) is 0 Å². The molecule has 0 aromatic rings. The van der Waals surface area contributed by atoms with Crippen molar-refractivity contribution in [3.63, 3.8) is 0 Å². The third-order valence-corrected chi connectivity index (χ3v) is 5.20. The van der Waals surface area contributed by atoms with Crippen molar-refractivity contribution in [3.05, 3.63) is 0 Å². The molecule has 1 spiro atoms. The van der Waals surface area contributed by atoms with Gasteiger partial charge >= 0.3 is 5.97 Å². The largest absolute Gasteiger partial charge is 0.480 e. The Hall–Kier alpha value is -0.620. The van der Waals surface area contributed by atoms with E-state index in [4.69, 9.17) is 9.84 Å². The Bertz CT molecular complexity index is 394. The minimum Gasteiger partial charge on any atom is -0.480 e. The fourth-order valence-electron chi connectivity index (χ4n) is 2.93. The zero-order valence-electron chi connectivity index (χ0n) is 9.72. The molecule has 0 radical (unpaired) electrons. The molecule has 98 valence electrons. The average molecular weight is 262 g/mol. The van der Waals surface area contributed by atoms with Crippen molar-refractivity contribution in [2.75, 3.05) is 11.5 Å². The number of hydrogen-bond acceptors (Lipinski definition) is 4. The Balaban J connectivity index is 1.91. The van der Waals surface area contributed by atoms with E-state index in [0.717, 1.165) is 38.5 Å². The lowest BCUT2D eigenvalue weighted by Gasteiger charge is -2.23. The molecule has 1 unspecified atom stereocenters. The minimum atomic E-state index is -3.54. The molecule has 2 aliphatic rings. The number of sulfone groups is 1. The number of carboxylic acids is 1. The van der Waals surface area contributed by atoms with Crippen LogP contribution in [0.3, 0.4) is 0 Å². The summed E-state index contributed by atoms with van der Waals surface area (Å²) in [6.07, 6.45) is 5.67. The number of carbonyl (C=O) groups is 1. The quantitative estimate of drug-likeness (QED) is 0.816. The zero-order chi connectivity index (χ0) is 12.5. The van der Waals surface area contributed by atoms with Crippen LogP contribution in [-0.4, -0.2) is 42.7 Å². The summed E-state index contributed by atoms with van der Waals surface area (Å²) in [6, 6.07) is 0. The van der Waals surface area contributed by atoms with Gasteiger partial charge in [-0.3, -0.25) is 4.79 Å². The van der Waals surface area contributed by atoms with Gasteiger partial charge in [0.15, 0.2) is 9.84 Å². The maximum absolute atomic E-state index is 11.5. The van der Waals surface area contributed by atoms with Gasteiger partial charge in [0.2, 0.25) is 0 Å². The molecule has 2 rings (SSSR count). The third kappa shape index (κ3) is 3.19. The Morgan fingerprint density at radius 1 is 1.29 bits per heavy atom. The van der Waals surface area contributed by atoms with Gasteiger partial charge in [-0.25, -0.2) is 8.42 Å². The molecule has 0 bridgehead atoms. The molecule has 0 aromatic heterocycles. The van der Waals surface area contributed by atoms with Crippen LogP contribution < -0.4 is 0 Å². The molecule has 0 amide bonds. The number of aliphatic carboxylic acids is 1. The summed E-state index contributed by atoms with van der Waals surface area (Å²) in [4.78, 5) is 10.4. The van der Waals surface area contributed by atoms with Crippen molar-refractivity contribution < 1.29 is 23.1 Å². The van der Waals surface area contributed by atoms with E-state index in [9.17, 15) is 13.2 Å². The molecule has 1 atom stereocenters. The fraction of sp³-hybridized carbons (Fsp3) is 0.909. The summed E-state index contributed by atoms with van der Waals surface area (Å²) >= 11 is 0. The van der Waals surface area contributed by atoms with E-state index in [1.165, 1.54) is 0 Å². The highest BCUT2D eigenvalue weighted by atomic mass is 32.2. The molecule has 1 saturated carbocycles. The topological polar surface area (TPSA) is 80.7 Å². The van der Waals surface area contributed by atoms with Gasteiger partial charge < -0.3 is 9.84 Å². The van der Waals surface area contributed by atoms with E-state index in [1.807, 2.05) is 0 Å². The van der Waals surface area contributed by atoms with Crippen molar-refractivity contribution in [2.24, 2.45) is 0 Å². The van der Waals surface area contributed by atoms with Crippen LogP contribution in [0.2, 0.25) is 0 Å². The van der Waals surface area contributed by atoms with Crippen molar-refractivity contribution in [1.29, 1.82) is 0 Å². The summed E-state index contributed by atoms with van der Waals surface area (Å²) in [5.74, 6) is -2.24. The Labute approximate surface area is 101 Å². The number of ether oxygens (including phenoxy) is 1. The second-order valence-corrected chi connectivity index (χ2v) is 7.23. The highest BCUT2D eigenvalue weighted by Gasteiger charge is 2.43. The van der Waals surface area contributed by atoms with Crippen molar-refractivity contribution in [2.45, 2.75) is 50.2 Å². The van der Waals surface area contributed by atoms with E-state index in [-0.39, 0.29) is 17.5 Å². The van der Waals surface area contributed by atoms with Crippen LogP contribution >= 0.6 is 0 Å². The van der Waals surface area contributed by atoms with E-state index in [2.05, 4.69) is 0 Å². The van der Waals surface area contributed by atoms with Crippen molar-refractivity contribution in [3.8, 4) is 0 Å². The smallest absolute Gasteiger partial charge is 0.318 e. The lowest BCUT2D eigenvalue weighted by atomic mass is 9.98. The van der Waals surface area contributed by atoms with E-state index >= 15 is 0 Å². The molecule has 0 aromatic carbocycles. The van der Waals surface area contributed by atoms with Gasteiger partial charge in [0, 0.05) is 0 Å². The second-order valence-electron chi connectivity index (χ2n) is 5.12. The van der Waals surface area contributed by atoms with Crippen LogP contribution in [-0.2, 0) is 19.4 Å². The number of carboxylic acid groups (broad SMARTS) is 1. The van der Waals surface area contributed by atoms with Crippen molar-refractivity contribution in [1.82, 2.24) is 0 Å². The first-order valence-corrected chi connectivity index (χ1v) is 7.83. The average Bonchev–Trinajstić information content (AvgIpc) is 2.75. The van der Waals surface area contributed by atoms with Gasteiger partial charge in [-0.1, -0.05) is 12.8 Å². The highest BCUT2D eigenvalue weighted by molar-refractivity contribution is 7.92. The molecule has 5 nitrogen and oxygen atoms in total. The first-order chi connectivity index (χ1) is 7.91. The second kappa shape index (κ2) is 4.57. The molecule has 1 aliphatic carbocycles. The Morgan fingerprint density at radius 2 is 1.94 bits per heavy atom. The van der Waals surface area contributed by atoms with Gasteiger partial charge in [-0.15, -0.1) is 0 Å². The lowest BCUT2D eigenvalue weighted by molar-refractivity contribution is -0.134. The zero-order valence-corrected chi connectivity index (χ0v) is 10.5. The highest BCUT2D eigenvalue weighted by Crippen LogP contribution is 2.43. The van der Waals surface area contributed by atoms with Gasteiger partial charge in [-0.05, 0) is 25.7 Å². The molecular formula is C11H18O5S. The SMILES string of the molecule is O=C(O)CS(=O)(=O)CC1CCC2(CCCC2)O1. The first-order valence-electron chi connectivity index (χ1n) is 6.01. The molecule has 2 fully saturated rings. The normalized spacial score (nSPS) is 27.6. The van der Waals surface area contributed by atoms with Crippen LogP contribution in [0.1, 0.15) is 38.5 Å². The molecule has 1 saturated heterocycles.